The standard InChI is InChI=1S/C11H18O2Si.C10H16O3Si.2C6H8O2.C5H6O2.C5H9Si.5F2.FH.Li/c1-10-5-6-11(12,9-13-10)7-8-14(2,3)4;1-14(2,3)7-6-10(8-11)5-4-9(12)13-10;2*1-5-2-3-6(7)4-8-5;6-4-5-2-1-3-7-5;1-5-6(2,3)4;5*1-2;;/h5-6,10,12H,9H2,1-4H3;4-5,9,11-12H,8H2,1-3H3;2*2-3,5H,4H2,1H3;1-3,6H,4H2;2-4H3;;;;;;1H;/q;;;;;-1;;;;;;;+1/t10-,11-;9?,10-;5-;;;;;;;;;;/m111........../s1. The van der Waals surface area contributed by atoms with Crippen molar-refractivity contribution in [1.82, 2.24) is 0 Å². The van der Waals surface area contributed by atoms with E-state index in [1.807, 2.05) is 26.8 Å². The molecule has 1 aromatic rings. The molecule has 0 aliphatic carbocycles. The first-order valence-corrected chi connectivity index (χ1v) is 30.0. The van der Waals surface area contributed by atoms with E-state index in [0.717, 1.165) is 0 Å². The summed E-state index contributed by atoms with van der Waals surface area (Å²) in [6.45, 7) is 25.3. The van der Waals surface area contributed by atoms with E-state index < -0.39 is 41.7 Å². The Morgan fingerprint density at radius 2 is 1.09 bits per heavy atom. The predicted octanol–water partition coefficient (Wildman–Crippen LogP) is 6.72. The molecule has 4 N–H and O–H groups in total. The Bertz CT molecular complexity index is 1670. The van der Waals surface area contributed by atoms with Crippen LogP contribution >= 0.6 is 0 Å². The molecule has 5 rings (SSSR count). The van der Waals surface area contributed by atoms with E-state index in [9.17, 15) is 14.7 Å². The quantitative estimate of drug-likeness (QED) is 0.0818. The summed E-state index contributed by atoms with van der Waals surface area (Å²) in [5.74, 6) is 6.55. The van der Waals surface area contributed by atoms with Gasteiger partial charge in [0.25, 0.3) is 0 Å². The summed E-state index contributed by atoms with van der Waals surface area (Å²) in [6.07, 6.45) is 20.9. The molecule has 394 valence electrons. The van der Waals surface area contributed by atoms with Crippen LogP contribution in [-0.2, 0) is 35.1 Å². The minimum Gasteiger partial charge on any atom is -0.701 e. The first-order valence-electron chi connectivity index (χ1n) is 19.5. The van der Waals surface area contributed by atoms with Crippen LogP contribution in [0.2, 0.25) is 58.9 Å². The third-order valence-electron chi connectivity index (χ3n) is 6.80. The zero-order valence-corrected chi connectivity index (χ0v) is 44.0. The molecule has 11 nitrogen and oxygen atoms in total. The monoisotopic (exact) mass is 1060 g/mol. The molecular weight excluding hydrogens is 993 g/mol. The van der Waals surface area contributed by atoms with Crippen LogP contribution in [0.1, 0.15) is 26.5 Å². The first-order chi connectivity index (χ1) is 31.2. The topological polar surface area (TPSA) is 165 Å². The Labute approximate surface area is 413 Å². The number of furan rings is 1. The van der Waals surface area contributed by atoms with Crippen LogP contribution in [-0.4, -0.2) is 118 Å². The summed E-state index contributed by atoms with van der Waals surface area (Å²) >= 11 is 0. The Balaban J connectivity index is -0.000000106. The number of ether oxygens (including phenoxy) is 4. The second-order valence-corrected chi connectivity index (χ2v) is 30.8. The van der Waals surface area contributed by atoms with Gasteiger partial charge in [-0.3, -0.25) is 14.3 Å². The van der Waals surface area contributed by atoms with Crippen LogP contribution in [0.3, 0.4) is 0 Å². The number of hydrogen-bond acceptors (Lipinski definition) is 11. The molecule has 0 bridgehead atoms. The summed E-state index contributed by atoms with van der Waals surface area (Å²) in [7, 11) is -4.11. The van der Waals surface area contributed by atoms with Crippen molar-refractivity contribution in [3.8, 4) is 28.5 Å². The number of aliphatic hydroxyl groups excluding tert-OH is 3. The summed E-state index contributed by atoms with van der Waals surface area (Å²) in [5.41, 5.74) is 6.72. The average Bonchev–Trinajstić information content (AvgIpc) is 4.00. The number of halogens is 11. The summed E-state index contributed by atoms with van der Waals surface area (Å²) in [4.78, 5) is 20.8. The van der Waals surface area contributed by atoms with Gasteiger partial charge < -0.3 is 55.8 Å². The van der Waals surface area contributed by atoms with E-state index in [0.29, 0.717) is 5.76 Å². The van der Waals surface area contributed by atoms with Crippen molar-refractivity contribution in [1.29, 1.82) is 0 Å². The van der Waals surface area contributed by atoms with Crippen molar-refractivity contribution < 1.29 is 123 Å². The van der Waals surface area contributed by atoms with E-state index in [-0.39, 0.29) is 86.5 Å². The third kappa shape index (κ3) is 53.6. The van der Waals surface area contributed by atoms with Crippen molar-refractivity contribution in [3.05, 3.63) is 79.2 Å². The molecule has 2 unspecified atom stereocenters. The number of ketones is 2. The Morgan fingerprint density at radius 1 is 0.681 bits per heavy atom. The Morgan fingerprint density at radius 3 is 1.32 bits per heavy atom. The molecule has 6 atom stereocenters. The van der Waals surface area contributed by atoms with Crippen LogP contribution in [0.4, 0.5) is 50.4 Å². The van der Waals surface area contributed by atoms with Crippen molar-refractivity contribution in [2.24, 2.45) is 0 Å². The molecular formula is C43H66F11LiO11Si3. The SMILES string of the molecule is CC1C=CC(=O)CO1.C[C@@H]1C=CC(=O)CO1.C[C@@H]1C=C[C@@](O)(C#C[Si](C)(C)C)CO1.C[Si](C)(C)C#C[C@@]1(CO)C=CC(O)O1.F.FF.FF.FF.FF.FF.OCc1ccco1.[C-]#C[Si](C)(C)C.[Li+]. The maximum absolute atomic E-state index is 10.4. The zero-order valence-electron chi connectivity index (χ0n) is 41.0. The van der Waals surface area contributed by atoms with Gasteiger partial charge in [-0.15, -0.1) is 11.1 Å². The molecule has 0 amide bonds. The number of aliphatic hydroxyl groups is 4. The summed E-state index contributed by atoms with van der Waals surface area (Å²) in [6, 6.07) is 3.46. The van der Waals surface area contributed by atoms with Gasteiger partial charge in [0.15, 0.2) is 29.1 Å². The van der Waals surface area contributed by atoms with Crippen LogP contribution < -0.4 is 18.9 Å². The molecule has 1 aromatic heterocycles. The molecule has 26 heteroatoms. The second kappa shape index (κ2) is 48.1. The van der Waals surface area contributed by atoms with Crippen molar-refractivity contribution >= 4 is 35.8 Å². The minimum atomic E-state index is -1.48. The van der Waals surface area contributed by atoms with Crippen molar-refractivity contribution in [2.75, 3.05) is 26.4 Å². The maximum atomic E-state index is 10.4. The number of carbonyl (C=O) groups is 2. The summed E-state index contributed by atoms with van der Waals surface area (Å²) in [5, 5.41) is 36.6. The fourth-order valence-electron chi connectivity index (χ4n) is 3.58. The van der Waals surface area contributed by atoms with Gasteiger partial charge in [0.1, 0.15) is 41.7 Å². The minimum absolute atomic E-state index is 0. The van der Waals surface area contributed by atoms with Crippen molar-refractivity contribution in [2.45, 2.75) is 122 Å². The maximum Gasteiger partial charge on any atom is 1.00 e. The molecule has 0 radical (unpaired) electrons. The Hall–Kier alpha value is -3.58. The molecule has 0 fully saturated rings. The smallest absolute Gasteiger partial charge is 0.701 e. The van der Waals surface area contributed by atoms with E-state index in [1.54, 1.807) is 48.6 Å². The van der Waals surface area contributed by atoms with Gasteiger partial charge >= 0.3 is 18.9 Å². The molecule has 0 saturated heterocycles. The number of rotatable bonds is 2. The predicted molar refractivity (Wildman–Crippen MR) is 246 cm³/mol. The Kier molecular flexibility index (Phi) is 57.4. The van der Waals surface area contributed by atoms with Crippen LogP contribution in [0, 0.1) is 34.9 Å². The zero-order chi connectivity index (χ0) is 53.9. The van der Waals surface area contributed by atoms with E-state index in [4.69, 9.17) is 90.8 Å². The van der Waals surface area contributed by atoms with Gasteiger partial charge in [-0.2, -0.15) is 0 Å². The second-order valence-electron chi connectivity index (χ2n) is 16.5. The fourth-order valence-corrected chi connectivity index (χ4v) is 4.76. The van der Waals surface area contributed by atoms with Gasteiger partial charge in [0.05, 0.1) is 45.9 Å². The third-order valence-corrected chi connectivity index (χ3v) is 9.30. The fraction of sp³-hybridized carbons (Fsp3) is 0.535. The number of hydrogen-bond donors (Lipinski definition) is 4. The van der Waals surface area contributed by atoms with E-state index in [2.05, 4.69) is 87.4 Å². The van der Waals surface area contributed by atoms with Crippen LogP contribution in [0.5, 0.6) is 0 Å². The first kappa shape index (κ1) is 82.3. The van der Waals surface area contributed by atoms with Crippen LogP contribution in [0.15, 0.2) is 71.4 Å². The number of carbonyl (C=O) groups excluding carboxylic acids is 2. The average molecular weight is 1060 g/mol. The molecule has 4 aliphatic rings. The molecule has 5 heterocycles. The normalized spacial score (nSPS) is 21.8. The molecule has 69 heavy (non-hydrogen) atoms. The molecule has 0 saturated carbocycles. The van der Waals surface area contributed by atoms with Gasteiger partial charge in [0.2, 0.25) is 0 Å². The summed E-state index contributed by atoms with van der Waals surface area (Å²) < 4.78 is 105. The van der Waals surface area contributed by atoms with Gasteiger partial charge in [-0.1, -0.05) is 89.0 Å². The largest absolute Gasteiger partial charge is 1.00 e. The molecule has 0 aromatic carbocycles. The van der Waals surface area contributed by atoms with E-state index in [1.165, 1.54) is 12.3 Å². The van der Waals surface area contributed by atoms with Crippen molar-refractivity contribution in [3.63, 3.8) is 0 Å². The van der Waals surface area contributed by atoms with Crippen LogP contribution in [0.25, 0.3) is 0 Å². The molecule has 4 aliphatic heterocycles. The molecule has 0 spiro atoms. The van der Waals surface area contributed by atoms with Gasteiger partial charge in [-0.05, 0) is 63.3 Å². The van der Waals surface area contributed by atoms with Gasteiger partial charge in [0, 0.05) is 45.7 Å². The van der Waals surface area contributed by atoms with Gasteiger partial charge in [-0.25, -0.2) is 0 Å². The van der Waals surface area contributed by atoms with E-state index >= 15 is 0 Å².